The van der Waals surface area contributed by atoms with Gasteiger partial charge >= 0.3 is 0 Å². The van der Waals surface area contributed by atoms with Crippen LogP contribution in [0.4, 0.5) is 0 Å². The third-order valence-electron chi connectivity index (χ3n) is 2.21. The van der Waals surface area contributed by atoms with Crippen molar-refractivity contribution < 1.29 is 9.53 Å². The number of rotatable bonds is 12. The first-order chi connectivity index (χ1) is 9.81. The summed E-state index contributed by atoms with van der Waals surface area (Å²) in [5.41, 5.74) is 0. The van der Waals surface area contributed by atoms with Gasteiger partial charge in [-0.1, -0.05) is 34.3 Å². The number of hydrogen-bond donors (Lipinski definition) is 2. The zero-order valence-corrected chi connectivity index (χ0v) is 14.0. The van der Waals surface area contributed by atoms with Crippen molar-refractivity contribution >= 4 is 34.8 Å². The van der Waals surface area contributed by atoms with Crippen molar-refractivity contribution in [2.75, 3.05) is 38.4 Å². The highest BCUT2D eigenvalue weighted by molar-refractivity contribution is 8.76. The molecule has 0 aliphatic heterocycles. The minimum atomic E-state index is 0.0624. The van der Waals surface area contributed by atoms with E-state index in [9.17, 15) is 4.79 Å². The molecule has 0 aliphatic carbocycles. The zero-order valence-electron chi connectivity index (χ0n) is 12.4. The van der Waals surface area contributed by atoms with Crippen molar-refractivity contribution in [1.82, 2.24) is 10.6 Å². The van der Waals surface area contributed by atoms with Crippen LogP contribution >= 0.6 is 21.6 Å². The van der Waals surface area contributed by atoms with Gasteiger partial charge in [-0.2, -0.15) is 5.82 Å². The first-order valence-electron chi connectivity index (χ1n) is 6.81. The molecule has 0 saturated heterocycles. The van der Waals surface area contributed by atoms with Gasteiger partial charge in [-0.3, -0.25) is 4.79 Å². The van der Waals surface area contributed by atoms with Gasteiger partial charge in [0.15, 0.2) is 0 Å². The van der Waals surface area contributed by atoms with E-state index in [2.05, 4.69) is 22.4 Å². The fraction of sp³-hybridized carbons (Fsp3) is 0.769. The lowest BCUT2D eigenvalue weighted by Gasteiger charge is -2.04. The van der Waals surface area contributed by atoms with E-state index in [0.29, 0.717) is 18.9 Å². The molecule has 20 heavy (non-hydrogen) atoms. The Morgan fingerprint density at radius 1 is 1.35 bits per heavy atom. The minimum Gasteiger partial charge on any atom is -0.370 e. The molecule has 0 aromatic rings. The molecule has 0 rings (SSSR count). The Bertz CT molecular complexity index is 296. The van der Waals surface area contributed by atoms with Crippen LogP contribution in [-0.4, -0.2) is 51.6 Å². The Morgan fingerprint density at radius 3 is 2.95 bits per heavy atom. The highest BCUT2D eigenvalue weighted by Crippen LogP contribution is 2.20. The lowest BCUT2D eigenvalue weighted by Crippen LogP contribution is -2.23. The highest BCUT2D eigenvalue weighted by atomic mass is 33.1. The van der Waals surface area contributed by atoms with E-state index in [1.165, 1.54) is 0 Å². The van der Waals surface area contributed by atoms with Gasteiger partial charge in [0.25, 0.3) is 0 Å². The maximum absolute atomic E-state index is 11.4. The molecule has 2 N–H and O–H groups in total. The smallest absolute Gasteiger partial charge is 0.220 e. The lowest BCUT2D eigenvalue weighted by molar-refractivity contribution is -0.121. The molecule has 0 aromatic heterocycles. The van der Waals surface area contributed by atoms with Gasteiger partial charge in [0.1, 0.15) is 5.94 Å². The monoisotopic (exact) mass is 315 g/mol. The van der Waals surface area contributed by atoms with Crippen molar-refractivity contribution in [3.8, 4) is 11.7 Å². The molecule has 0 unspecified atom stereocenters. The molecule has 0 fully saturated rings. The molecule has 0 spiro atoms. The summed E-state index contributed by atoms with van der Waals surface area (Å²) in [6.45, 7) is 4.04. The van der Waals surface area contributed by atoms with Gasteiger partial charge in [0.05, 0.1) is 6.54 Å². The van der Waals surface area contributed by atoms with Gasteiger partial charge in [-0.15, -0.1) is 0 Å². The number of carbonyl (C=O) groups excluding carboxylic acids is 1. The zero-order chi connectivity index (χ0) is 14.9. The first-order valence-corrected chi connectivity index (χ1v) is 9.29. The van der Waals surface area contributed by atoms with E-state index in [1.807, 2.05) is 24.7 Å². The Kier molecular flexibility index (Phi) is 16.5. The predicted octanol–water partition coefficient (Wildman–Crippen LogP) is 1.56. The summed E-state index contributed by atoms with van der Waals surface area (Å²) in [6, 6.07) is 0. The van der Waals surface area contributed by atoms with Crippen LogP contribution in [0.25, 0.3) is 0 Å². The molecule has 1 radical (unpaired) electrons. The van der Waals surface area contributed by atoms with Gasteiger partial charge in [0, 0.05) is 25.3 Å². The Hall–Kier alpha value is -0.285. The van der Waals surface area contributed by atoms with Gasteiger partial charge < -0.3 is 15.4 Å². The summed E-state index contributed by atoms with van der Waals surface area (Å²) >= 11 is 0. The molecular weight excluding hydrogens is 291 g/mol. The third kappa shape index (κ3) is 15.8. The van der Waals surface area contributed by atoms with Crippen molar-refractivity contribution in [3.63, 3.8) is 0 Å². The summed E-state index contributed by atoms with van der Waals surface area (Å²) in [6.07, 6.45) is 2.32. The molecule has 113 valence electrons. The quantitative estimate of drug-likeness (QED) is 0.188. The van der Waals surface area contributed by atoms with Gasteiger partial charge in [-0.25, -0.2) is 0 Å². The summed E-state index contributed by atoms with van der Waals surface area (Å²) < 4.78 is 5.47. The van der Waals surface area contributed by atoms with E-state index >= 15 is 0 Å². The van der Waals surface area contributed by atoms with Gasteiger partial charge in [-0.05, 0) is 19.9 Å². The van der Waals surface area contributed by atoms with Crippen LogP contribution < -0.4 is 10.6 Å². The topological polar surface area (TPSA) is 50.4 Å². The fourth-order valence-corrected chi connectivity index (χ4v) is 2.87. The molecule has 7 heteroatoms. The van der Waals surface area contributed by atoms with Crippen LogP contribution in [0.3, 0.4) is 0 Å². The first kappa shape index (κ1) is 19.7. The largest absolute Gasteiger partial charge is 0.370 e. The molecule has 0 bridgehead atoms. The molecular formula is C13H24BN2O2S2. The van der Waals surface area contributed by atoms with E-state index in [4.69, 9.17) is 4.74 Å². The maximum Gasteiger partial charge on any atom is 0.220 e. The second-order valence-electron chi connectivity index (χ2n) is 3.91. The van der Waals surface area contributed by atoms with Crippen molar-refractivity contribution in [2.45, 2.75) is 26.1 Å². The van der Waals surface area contributed by atoms with E-state index in [0.717, 1.165) is 31.7 Å². The summed E-state index contributed by atoms with van der Waals surface area (Å²) in [7, 11) is 7.25. The van der Waals surface area contributed by atoms with Crippen molar-refractivity contribution in [3.05, 3.63) is 0 Å². The van der Waals surface area contributed by atoms with Crippen LogP contribution in [0, 0.1) is 11.7 Å². The van der Waals surface area contributed by atoms with Crippen LogP contribution in [-0.2, 0) is 9.53 Å². The van der Waals surface area contributed by atoms with Crippen LogP contribution in [0.2, 0.25) is 6.82 Å². The molecule has 1 amide bonds. The summed E-state index contributed by atoms with van der Waals surface area (Å²) in [5.74, 6) is 7.49. The molecule has 0 aromatic carbocycles. The van der Waals surface area contributed by atoms with Crippen molar-refractivity contribution in [1.29, 1.82) is 0 Å². The highest BCUT2D eigenvalue weighted by Gasteiger charge is 1.99. The van der Waals surface area contributed by atoms with Gasteiger partial charge in [0.2, 0.25) is 13.2 Å². The normalized spacial score (nSPS) is 9.70. The fourth-order valence-electron chi connectivity index (χ4n) is 1.20. The lowest BCUT2D eigenvalue weighted by atomic mass is 9.84. The van der Waals surface area contributed by atoms with Crippen molar-refractivity contribution in [2.24, 2.45) is 0 Å². The third-order valence-corrected chi connectivity index (χ3v) is 4.30. The van der Waals surface area contributed by atoms with Crippen LogP contribution in [0.5, 0.6) is 0 Å². The van der Waals surface area contributed by atoms with E-state index in [1.54, 1.807) is 18.1 Å². The molecule has 0 saturated carbocycles. The molecule has 0 heterocycles. The second kappa shape index (κ2) is 16.8. The predicted molar refractivity (Wildman–Crippen MR) is 91.0 cm³/mol. The minimum absolute atomic E-state index is 0.0624. The number of carbonyl (C=O) groups is 1. The van der Waals surface area contributed by atoms with E-state index in [-0.39, 0.29) is 5.91 Å². The number of amides is 1. The Morgan fingerprint density at radius 2 is 2.20 bits per heavy atom. The number of unbranched alkanes of at least 4 members (excludes halogenated alkanes) is 1. The Labute approximate surface area is 131 Å². The van der Waals surface area contributed by atoms with Crippen LogP contribution in [0.1, 0.15) is 19.3 Å². The standard InChI is InChI=1S/C13H24BN2O2S2/c1-14-7-5-8-16-13(17)6-3-4-10-18-12-20-19-11-9-15-2/h15H,3-4,6,8-12H2,1-2H3,(H,16,17). The SMILES string of the molecule is C[B]C#CCNC(=O)CCCCOCSSCCNC. The molecule has 4 nitrogen and oxygen atoms in total. The Balaban J connectivity index is 3.17. The average molecular weight is 315 g/mol. The average Bonchev–Trinajstić information content (AvgIpc) is 2.45. The van der Waals surface area contributed by atoms with Crippen LogP contribution in [0.15, 0.2) is 0 Å². The van der Waals surface area contributed by atoms with E-state index < -0.39 is 0 Å². The molecule has 0 aliphatic rings. The number of hydrogen-bond acceptors (Lipinski definition) is 5. The summed E-state index contributed by atoms with van der Waals surface area (Å²) in [5, 5.41) is 5.86. The number of ether oxygens (including phenoxy) is 1. The number of nitrogens with one attached hydrogen (secondary N) is 2. The summed E-state index contributed by atoms with van der Waals surface area (Å²) in [4.78, 5) is 11.4. The maximum atomic E-state index is 11.4. The second-order valence-corrected chi connectivity index (χ2v) is 6.44. The molecule has 0 atom stereocenters.